The van der Waals surface area contributed by atoms with Crippen molar-refractivity contribution in [2.75, 3.05) is 24.5 Å². The molecule has 4 rings (SSSR count). The summed E-state index contributed by atoms with van der Waals surface area (Å²) in [4.78, 5) is 11.5. The quantitative estimate of drug-likeness (QED) is 0.237. The average Bonchev–Trinajstić information content (AvgIpc) is 3.51. The van der Waals surface area contributed by atoms with Gasteiger partial charge in [0.05, 0.1) is 12.2 Å². The molecule has 1 aliphatic rings. The fourth-order valence-corrected chi connectivity index (χ4v) is 3.84. The van der Waals surface area contributed by atoms with Gasteiger partial charge in [-0.3, -0.25) is 0 Å². The molecule has 0 spiro atoms. The topological polar surface area (TPSA) is 65.7 Å². The van der Waals surface area contributed by atoms with Crippen LogP contribution in [-0.4, -0.2) is 30.6 Å². The van der Waals surface area contributed by atoms with Gasteiger partial charge in [-0.2, -0.15) is 0 Å². The maximum atomic E-state index is 5.88. The second kappa shape index (κ2) is 11.9. The van der Waals surface area contributed by atoms with Crippen molar-refractivity contribution in [2.45, 2.75) is 39.3 Å². The van der Waals surface area contributed by atoms with Gasteiger partial charge < -0.3 is 20.0 Å². The molecule has 2 aromatic carbocycles. The molecule has 0 radical (unpaired) electrons. The Hall–Kier alpha value is -2.55. The number of halogens is 1. The molecule has 170 valence electrons. The molecule has 1 atom stereocenters. The van der Waals surface area contributed by atoms with Crippen molar-refractivity contribution in [1.29, 1.82) is 0 Å². The Kier molecular flexibility index (Phi) is 8.96. The molecule has 32 heavy (non-hydrogen) atoms. The van der Waals surface area contributed by atoms with Crippen LogP contribution in [0.4, 0.5) is 5.69 Å². The highest BCUT2D eigenvalue weighted by molar-refractivity contribution is 14.0. The van der Waals surface area contributed by atoms with Crippen LogP contribution in [-0.2, 0) is 6.54 Å². The molecule has 7 heteroatoms. The van der Waals surface area contributed by atoms with Crippen LogP contribution in [0.3, 0.4) is 0 Å². The monoisotopic (exact) mass is 545 g/mol. The fraction of sp³-hybridized carbons (Fsp3) is 0.360. The van der Waals surface area contributed by atoms with E-state index in [1.54, 1.807) is 6.20 Å². The van der Waals surface area contributed by atoms with Crippen molar-refractivity contribution in [3.63, 3.8) is 0 Å². The number of aliphatic imine (C=N–C) groups is 1. The molecule has 0 amide bonds. The largest absolute Gasteiger partial charge is 0.439 e. The maximum absolute atomic E-state index is 5.88. The predicted molar refractivity (Wildman–Crippen MR) is 142 cm³/mol. The Balaban J connectivity index is 0.00000289. The van der Waals surface area contributed by atoms with Crippen LogP contribution in [0, 0.1) is 0 Å². The van der Waals surface area contributed by atoms with E-state index >= 15 is 0 Å². The molecule has 3 aromatic rings. The van der Waals surface area contributed by atoms with E-state index in [0.717, 1.165) is 36.9 Å². The van der Waals surface area contributed by atoms with E-state index in [9.17, 15) is 0 Å². The van der Waals surface area contributed by atoms with Gasteiger partial charge in [0.15, 0.2) is 11.7 Å². The Labute approximate surface area is 207 Å². The molecule has 1 aromatic heterocycles. The van der Waals surface area contributed by atoms with Crippen LogP contribution in [0.2, 0.25) is 0 Å². The number of benzene rings is 2. The van der Waals surface area contributed by atoms with E-state index in [2.05, 4.69) is 63.6 Å². The first kappa shape index (κ1) is 24.1. The summed E-state index contributed by atoms with van der Waals surface area (Å²) in [5.41, 5.74) is 3.57. The number of nitrogens with zero attached hydrogens (tertiary/aromatic N) is 3. The first-order valence-corrected chi connectivity index (χ1v) is 11.1. The summed E-state index contributed by atoms with van der Waals surface area (Å²) in [5.74, 6) is 2.11. The van der Waals surface area contributed by atoms with Gasteiger partial charge in [0, 0.05) is 30.9 Å². The molecule has 2 heterocycles. The summed E-state index contributed by atoms with van der Waals surface area (Å²) in [6.45, 7) is 7.69. The summed E-state index contributed by atoms with van der Waals surface area (Å²) < 4.78 is 5.88. The summed E-state index contributed by atoms with van der Waals surface area (Å²) >= 11 is 0. The second-order valence-corrected chi connectivity index (χ2v) is 7.83. The Morgan fingerprint density at radius 3 is 2.66 bits per heavy atom. The minimum atomic E-state index is 0. The normalized spacial score (nSPS) is 14.7. The van der Waals surface area contributed by atoms with Crippen LogP contribution in [0.25, 0.3) is 11.3 Å². The van der Waals surface area contributed by atoms with Gasteiger partial charge in [-0.1, -0.05) is 42.5 Å². The number of nitrogens with one attached hydrogen (secondary N) is 2. The molecular weight excluding hydrogens is 513 g/mol. The zero-order chi connectivity index (χ0) is 21.5. The summed E-state index contributed by atoms with van der Waals surface area (Å²) in [5, 5.41) is 6.83. The lowest BCUT2D eigenvalue weighted by Gasteiger charge is -2.22. The van der Waals surface area contributed by atoms with Gasteiger partial charge in [0.25, 0.3) is 0 Å². The average molecular weight is 545 g/mol. The fourth-order valence-electron chi connectivity index (χ4n) is 3.84. The third kappa shape index (κ3) is 6.25. The zero-order valence-electron chi connectivity index (χ0n) is 18.8. The summed E-state index contributed by atoms with van der Waals surface area (Å²) in [6, 6.07) is 18.9. The Bertz CT molecular complexity index is 998. The van der Waals surface area contributed by atoms with Crippen molar-refractivity contribution < 1.29 is 4.42 Å². The van der Waals surface area contributed by atoms with E-state index in [4.69, 9.17) is 4.42 Å². The van der Waals surface area contributed by atoms with Gasteiger partial charge in [-0.15, -0.1) is 24.0 Å². The van der Waals surface area contributed by atoms with Gasteiger partial charge in [0.1, 0.15) is 6.54 Å². The number of hydrogen-bond donors (Lipinski definition) is 2. The zero-order valence-corrected chi connectivity index (χ0v) is 21.1. The summed E-state index contributed by atoms with van der Waals surface area (Å²) in [7, 11) is 0. The minimum Gasteiger partial charge on any atom is -0.439 e. The molecule has 6 nitrogen and oxygen atoms in total. The van der Waals surface area contributed by atoms with Crippen molar-refractivity contribution in [1.82, 2.24) is 15.6 Å². The lowest BCUT2D eigenvalue weighted by atomic mass is 10.1. The number of anilines is 1. The molecule has 1 aliphatic heterocycles. The molecule has 0 aliphatic carbocycles. The number of rotatable bonds is 7. The lowest BCUT2D eigenvalue weighted by Crippen LogP contribution is -2.38. The number of aromatic nitrogens is 1. The summed E-state index contributed by atoms with van der Waals surface area (Å²) in [6.07, 6.45) is 4.32. The van der Waals surface area contributed by atoms with Crippen LogP contribution < -0.4 is 15.5 Å². The van der Waals surface area contributed by atoms with Crippen LogP contribution in [0.5, 0.6) is 0 Å². The van der Waals surface area contributed by atoms with Gasteiger partial charge in [-0.05, 0) is 44.4 Å². The standard InChI is InChI=1S/C25H31N5O.HI/c1-3-26-25(28-18-24-27-17-23(31-24)20-10-5-4-6-11-20)29-19(2)21-12-9-13-22(16-21)30-14-7-8-15-30;/h4-6,9-13,16-17,19H,3,7-8,14-15,18H2,1-2H3,(H2,26,28,29);1H. The minimum absolute atomic E-state index is 0. The Morgan fingerprint density at radius 1 is 1.12 bits per heavy atom. The molecular formula is C25H32IN5O. The molecule has 1 unspecified atom stereocenters. The van der Waals surface area contributed by atoms with Crippen LogP contribution in [0.1, 0.15) is 44.2 Å². The van der Waals surface area contributed by atoms with Gasteiger partial charge in [-0.25, -0.2) is 9.98 Å². The van der Waals surface area contributed by atoms with E-state index in [1.165, 1.54) is 24.1 Å². The highest BCUT2D eigenvalue weighted by Crippen LogP contribution is 2.24. The number of guanidine groups is 1. The lowest BCUT2D eigenvalue weighted by molar-refractivity contribution is 0.508. The van der Waals surface area contributed by atoms with Gasteiger partial charge >= 0.3 is 0 Å². The van der Waals surface area contributed by atoms with Crippen molar-refractivity contribution >= 4 is 35.6 Å². The third-order valence-electron chi connectivity index (χ3n) is 5.52. The van der Waals surface area contributed by atoms with Crippen molar-refractivity contribution in [3.05, 3.63) is 72.2 Å². The third-order valence-corrected chi connectivity index (χ3v) is 5.52. The van der Waals surface area contributed by atoms with Crippen LogP contribution >= 0.6 is 24.0 Å². The first-order valence-electron chi connectivity index (χ1n) is 11.1. The van der Waals surface area contributed by atoms with E-state index in [0.29, 0.717) is 12.4 Å². The van der Waals surface area contributed by atoms with Gasteiger partial charge in [0.2, 0.25) is 5.89 Å². The van der Waals surface area contributed by atoms with E-state index in [-0.39, 0.29) is 30.0 Å². The molecule has 2 N–H and O–H groups in total. The molecule has 1 fully saturated rings. The number of oxazole rings is 1. The highest BCUT2D eigenvalue weighted by atomic mass is 127. The van der Waals surface area contributed by atoms with Crippen molar-refractivity contribution in [3.8, 4) is 11.3 Å². The van der Waals surface area contributed by atoms with E-state index in [1.807, 2.05) is 30.3 Å². The second-order valence-electron chi connectivity index (χ2n) is 7.83. The number of hydrogen-bond acceptors (Lipinski definition) is 4. The molecule has 0 bridgehead atoms. The molecule has 0 saturated carbocycles. The highest BCUT2D eigenvalue weighted by Gasteiger charge is 2.15. The van der Waals surface area contributed by atoms with Crippen molar-refractivity contribution in [2.24, 2.45) is 4.99 Å². The smallest absolute Gasteiger partial charge is 0.216 e. The van der Waals surface area contributed by atoms with Crippen LogP contribution in [0.15, 0.2) is 70.2 Å². The Morgan fingerprint density at radius 2 is 1.91 bits per heavy atom. The SMILES string of the molecule is CCNC(=NCc1ncc(-c2ccccc2)o1)NC(C)c1cccc(N2CCCC2)c1.I. The van der Waals surface area contributed by atoms with E-state index < -0.39 is 0 Å². The predicted octanol–water partition coefficient (Wildman–Crippen LogP) is 5.38. The first-order chi connectivity index (χ1) is 15.2. The maximum Gasteiger partial charge on any atom is 0.216 e. The molecule has 1 saturated heterocycles.